The number of carboxylic acid groups (broad SMARTS) is 1. The summed E-state index contributed by atoms with van der Waals surface area (Å²) >= 11 is 3.39. The molecular formula is C19H15BrO3. The Bertz CT molecular complexity index is 845. The first-order valence-corrected chi connectivity index (χ1v) is 8.04. The van der Waals surface area contributed by atoms with E-state index >= 15 is 0 Å². The van der Waals surface area contributed by atoms with Gasteiger partial charge in [0.25, 0.3) is 0 Å². The van der Waals surface area contributed by atoms with Crippen molar-refractivity contribution < 1.29 is 14.6 Å². The van der Waals surface area contributed by atoms with Crippen LogP contribution in [-0.4, -0.2) is 17.2 Å². The van der Waals surface area contributed by atoms with Crippen molar-refractivity contribution in [1.82, 2.24) is 0 Å². The molecule has 0 saturated heterocycles. The summed E-state index contributed by atoms with van der Waals surface area (Å²) in [5.74, 6) is -0.413. The highest BCUT2D eigenvalue weighted by atomic mass is 79.9. The lowest BCUT2D eigenvalue weighted by Gasteiger charge is -2.16. The predicted molar refractivity (Wildman–Crippen MR) is 93.8 cm³/mol. The van der Waals surface area contributed by atoms with Gasteiger partial charge in [-0.15, -0.1) is 0 Å². The van der Waals surface area contributed by atoms with Crippen LogP contribution in [0.25, 0.3) is 10.8 Å². The molecule has 0 aliphatic carbocycles. The number of rotatable bonds is 5. The molecule has 3 aromatic carbocycles. The summed E-state index contributed by atoms with van der Waals surface area (Å²) < 4.78 is 6.63. The van der Waals surface area contributed by atoms with Crippen LogP contribution in [0.1, 0.15) is 5.56 Å². The normalized spacial score (nSPS) is 12.0. The van der Waals surface area contributed by atoms with Crippen LogP contribution in [0.2, 0.25) is 0 Å². The second-order valence-electron chi connectivity index (χ2n) is 5.29. The fourth-order valence-electron chi connectivity index (χ4n) is 2.46. The number of fused-ring (bicyclic) bond motifs is 1. The molecule has 3 nitrogen and oxygen atoms in total. The van der Waals surface area contributed by atoms with Gasteiger partial charge in [0.2, 0.25) is 0 Å². The molecule has 23 heavy (non-hydrogen) atoms. The highest BCUT2D eigenvalue weighted by Gasteiger charge is 2.20. The van der Waals surface area contributed by atoms with Gasteiger partial charge in [-0.25, -0.2) is 4.79 Å². The van der Waals surface area contributed by atoms with Crippen LogP contribution >= 0.6 is 15.9 Å². The lowest BCUT2D eigenvalue weighted by Crippen LogP contribution is -2.29. The van der Waals surface area contributed by atoms with Gasteiger partial charge in [0, 0.05) is 10.9 Å². The first kappa shape index (κ1) is 15.6. The Kier molecular flexibility index (Phi) is 4.63. The Morgan fingerprint density at radius 3 is 2.52 bits per heavy atom. The molecule has 0 heterocycles. The van der Waals surface area contributed by atoms with E-state index in [0.717, 1.165) is 20.8 Å². The van der Waals surface area contributed by atoms with E-state index in [1.54, 1.807) is 6.07 Å². The zero-order valence-corrected chi connectivity index (χ0v) is 13.9. The van der Waals surface area contributed by atoms with Gasteiger partial charge in [-0.3, -0.25) is 0 Å². The van der Waals surface area contributed by atoms with E-state index in [9.17, 15) is 9.90 Å². The van der Waals surface area contributed by atoms with E-state index in [1.807, 2.05) is 60.7 Å². The van der Waals surface area contributed by atoms with Crippen LogP contribution in [0.4, 0.5) is 0 Å². The third-order valence-corrected chi connectivity index (χ3v) is 4.08. The maximum Gasteiger partial charge on any atom is 0.345 e. The summed E-state index contributed by atoms with van der Waals surface area (Å²) in [6.07, 6.45) is -0.618. The minimum Gasteiger partial charge on any atom is -0.478 e. The Morgan fingerprint density at radius 1 is 1.00 bits per heavy atom. The van der Waals surface area contributed by atoms with Crippen molar-refractivity contribution in [3.63, 3.8) is 0 Å². The number of hydrogen-bond donors (Lipinski definition) is 1. The number of carboxylic acids is 1. The van der Waals surface area contributed by atoms with Gasteiger partial charge in [0.1, 0.15) is 5.75 Å². The Labute approximate surface area is 142 Å². The van der Waals surface area contributed by atoms with Crippen LogP contribution < -0.4 is 4.74 Å². The molecule has 0 aromatic heterocycles. The number of carbonyl (C=O) groups is 1. The zero-order valence-electron chi connectivity index (χ0n) is 12.3. The van der Waals surface area contributed by atoms with Gasteiger partial charge < -0.3 is 9.84 Å². The molecule has 3 rings (SSSR count). The molecule has 1 N–H and O–H groups in total. The van der Waals surface area contributed by atoms with Crippen LogP contribution in [-0.2, 0) is 11.2 Å². The molecule has 0 aliphatic heterocycles. The molecule has 116 valence electrons. The van der Waals surface area contributed by atoms with Gasteiger partial charge in [0.15, 0.2) is 6.10 Å². The molecule has 0 aliphatic rings. The molecule has 4 heteroatoms. The van der Waals surface area contributed by atoms with Gasteiger partial charge in [-0.05, 0) is 40.6 Å². The first-order valence-electron chi connectivity index (χ1n) is 7.24. The number of ether oxygens (including phenoxy) is 1. The Balaban J connectivity index is 1.82. The van der Waals surface area contributed by atoms with Crippen molar-refractivity contribution in [3.8, 4) is 5.75 Å². The van der Waals surface area contributed by atoms with Crippen LogP contribution in [0.5, 0.6) is 5.75 Å². The lowest BCUT2D eigenvalue weighted by atomic mass is 10.1. The monoisotopic (exact) mass is 370 g/mol. The fraction of sp³-hybridized carbons (Fsp3) is 0.105. The summed E-state index contributed by atoms with van der Waals surface area (Å²) in [6, 6.07) is 21.1. The number of benzene rings is 3. The van der Waals surface area contributed by atoms with Gasteiger partial charge in [0.05, 0.1) is 0 Å². The van der Waals surface area contributed by atoms with Crippen LogP contribution in [0.15, 0.2) is 71.2 Å². The largest absolute Gasteiger partial charge is 0.478 e. The van der Waals surface area contributed by atoms with Gasteiger partial charge in [-0.2, -0.15) is 0 Å². The SMILES string of the molecule is O=C(O)C(Cc1cccc(Br)c1)Oc1ccc2ccccc2c1. The minimum atomic E-state index is -0.974. The van der Waals surface area contributed by atoms with E-state index in [2.05, 4.69) is 15.9 Å². The Morgan fingerprint density at radius 2 is 1.78 bits per heavy atom. The average Bonchev–Trinajstić information content (AvgIpc) is 2.54. The van der Waals surface area contributed by atoms with Gasteiger partial charge in [-0.1, -0.05) is 58.4 Å². The standard InChI is InChI=1S/C19H15BrO3/c20-16-7-3-4-13(10-16)11-18(19(21)22)23-17-9-8-14-5-1-2-6-15(14)12-17/h1-10,12,18H,11H2,(H,21,22). The molecule has 0 saturated carbocycles. The number of halogens is 1. The first-order chi connectivity index (χ1) is 11.1. The molecule has 0 radical (unpaired) electrons. The van der Waals surface area contributed by atoms with Crippen molar-refractivity contribution in [2.45, 2.75) is 12.5 Å². The number of aliphatic carboxylic acids is 1. The molecule has 0 bridgehead atoms. The minimum absolute atomic E-state index is 0.307. The highest BCUT2D eigenvalue weighted by molar-refractivity contribution is 9.10. The van der Waals surface area contributed by atoms with Crippen molar-refractivity contribution in [3.05, 3.63) is 76.8 Å². The summed E-state index contributed by atoms with van der Waals surface area (Å²) in [5.41, 5.74) is 0.910. The quantitative estimate of drug-likeness (QED) is 0.709. The van der Waals surface area contributed by atoms with E-state index in [4.69, 9.17) is 4.74 Å². The van der Waals surface area contributed by atoms with E-state index in [1.165, 1.54) is 0 Å². The van der Waals surface area contributed by atoms with Crippen molar-refractivity contribution in [2.24, 2.45) is 0 Å². The van der Waals surface area contributed by atoms with Crippen molar-refractivity contribution in [1.29, 1.82) is 0 Å². The average molecular weight is 371 g/mol. The zero-order chi connectivity index (χ0) is 16.2. The molecule has 0 spiro atoms. The van der Waals surface area contributed by atoms with E-state index in [-0.39, 0.29) is 0 Å². The second kappa shape index (κ2) is 6.84. The van der Waals surface area contributed by atoms with Crippen molar-refractivity contribution >= 4 is 32.7 Å². The van der Waals surface area contributed by atoms with E-state index < -0.39 is 12.1 Å². The predicted octanol–water partition coefficient (Wildman–Crippen LogP) is 4.68. The number of hydrogen-bond acceptors (Lipinski definition) is 2. The molecular weight excluding hydrogens is 356 g/mol. The fourth-order valence-corrected chi connectivity index (χ4v) is 2.91. The smallest absolute Gasteiger partial charge is 0.345 e. The van der Waals surface area contributed by atoms with Crippen molar-refractivity contribution in [2.75, 3.05) is 0 Å². The third-order valence-electron chi connectivity index (χ3n) is 3.58. The lowest BCUT2D eigenvalue weighted by molar-refractivity contribution is -0.145. The summed E-state index contributed by atoms with van der Waals surface area (Å²) in [5, 5.41) is 11.6. The summed E-state index contributed by atoms with van der Waals surface area (Å²) in [6.45, 7) is 0. The van der Waals surface area contributed by atoms with Crippen LogP contribution in [0.3, 0.4) is 0 Å². The maximum absolute atomic E-state index is 11.5. The topological polar surface area (TPSA) is 46.5 Å². The molecule has 0 fully saturated rings. The summed E-state index contributed by atoms with van der Waals surface area (Å²) in [7, 11) is 0. The summed E-state index contributed by atoms with van der Waals surface area (Å²) in [4.78, 5) is 11.5. The molecule has 0 amide bonds. The van der Waals surface area contributed by atoms with Gasteiger partial charge >= 0.3 is 5.97 Å². The third kappa shape index (κ3) is 3.90. The highest BCUT2D eigenvalue weighted by Crippen LogP contribution is 2.22. The van der Waals surface area contributed by atoms with E-state index in [0.29, 0.717) is 12.2 Å². The Hall–Kier alpha value is -2.33. The maximum atomic E-state index is 11.5. The molecule has 1 atom stereocenters. The van der Waals surface area contributed by atoms with Crippen LogP contribution in [0, 0.1) is 0 Å². The second-order valence-corrected chi connectivity index (χ2v) is 6.20. The molecule has 3 aromatic rings. The molecule has 1 unspecified atom stereocenters.